The van der Waals surface area contributed by atoms with Gasteiger partial charge in [0.25, 0.3) is 0 Å². The molecule has 2 aliphatic carbocycles. The van der Waals surface area contributed by atoms with E-state index in [0.29, 0.717) is 23.8 Å². The Balaban J connectivity index is 1.18. The summed E-state index contributed by atoms with van der Waals surface area (Å²) in [5.74, 6) is 0.0465. The zero-order valence-corrected chi connectivity index (χ0v) is 26.1. The van der Waals surface area contributed by atoms with Gasteiger partial charge in [-0.1, -0.05) is 48.5 Å². The van der Waals surface area contributed by atoms with Gasteiger partial charge < -0.3 is 19.5 Å². The third kappa shape index (κ3) is 5.51. The number of hydrogen-bond acceptors (Lipinski definition) is 6. The molecule has 246 valence electrons. The van der Waals surface area contributed by atoms with Gasteiger partial charge in [0, 0.05) is 36.7 Å². The Morgan fingerprint density at radius 3 is 2.57 bits per heavy atom. The molecule has 3 aromatic carbocycles. The third-order valence-corrected chi connectivity index (χ3v) is 10.8. The molecule has 1 spiro atoms. The number of carbonyl (C=O) groups excluding carboxylic acids is 2. The first kappa shape index (κ1) is 31.4. The molecule has 2 unspecified atom stereocenters. The minimum absolute atomic E-state index is 0.274. The fourth-order valence-electron chi connectivity index (χ4n) is 8.65. The van der Waals surface area contributed by atoms with Crippen molar-refractivity contribution in [2.45, 2.75) is 61.9 Å². The summed E-state index contributed by atoms with van der Waals surface area (Å²) in [5.41, 5.74) is 2.90. The number of alkyl halides is 3. The molecular formula is C37H37F3N2O5. The first-order valence-corrected chi connectivity index (χ1v) is 16.1. The highest BCUT2D eigenvalue weighted by molar-refractivity contribution is 5.92. The number of piperidine rings is 1. The van der Waals surface area contributed by atoms with Gasteiger partial charge in [-0.2, -0.15) is 13.2 Å². The van der Waals surface area contributed by atoms with Crippen LogP contribution < -0.4 is 9.47 Å². The topological polar surface area (TPSA) is 79.3 Å². The van der Waals surface area contributed by atoms with Crippen molar-refractivity contribution in [3.05, 3.63) is 101 Å². The van der Waals surface area contributed by atoms with E-state index in [1.807, 2.05) is 12.1 Å². The second-order valence-corrected chi connectivity index (χ2v) is 13.1. The Labute approximate surface area is 271 Å². The Kier molecular flexibility index (Phi) is 8.12. The molecule has 2 bridgehead atoms. The molecule has 1 N–H and O–H groups in total. The Morgan fingerprint density at radius 1 is 1.09 bits per heavy atom. The molecule has 2 aliphatic heterocycles. The number of ether oxygens (including phenoxy) is 2. The molecule has 0 aromatic heterocycles. The lowest BCUT2D eigenvalue weighted by molar-refractivity contribution is -0.138. The lowest BCUT2D eigenvalue weighted by Gasteiger charge is -2.60. The number of amides is 1. The van der Waals surface area contributed by atoms with Crippen LogP contribution in [-0.4, -0.2) is 71.7 Å². The van der Waals surface area contributed by atoms with Gasteiger partial charge in [0.2, 0.25) is 5.91 Å². The lowest BCUT2D eigenvalue weighted by Crippen LogP contribution is -2.69. The van der Waals surface area contributed by atoms with Gasteiger partial charge in [0.05, 0.1) is 11.6 Å². The lowest BCUT2D eigenvalue weighted by atomic mass is 9.51. The molecule has 47 heavy (non-hydrogen) atoms. The minimum Gasteiger partial charge on any atom is -0.483 e. The van der Waals surface area contributed by atoms with E-state index in [4.69, 9.17) is 9.47 Å². The van der Waals surface area contributed by atoms with Crippen molar-refractivity contribution in [2.24, 2.45) is 5.92 Å². The molecule has 1 saturated heterocycles. The summed E-state index contributed by atoms with van der Waals surface area (Å²) >= 11 is 0. The summed E-state index contributed by atoms with van der Waals surface area (Å²) in [6.45, 7) is 1.06. The van der Waals surface area contributed by atoms with E-state index in [2.05, 4.69) is 29.2 Å². The van der Waals surface area contributed by atoms with Gasteiger partial charge in [-0.15, -0.1) is 0 Å². The van der Waals surface area contributed by atoms with E-state index >= 15 is 0 Å². The van der Waals surface area contributed by atoms with Crippen LogP contribution >= 0.6 is 0 Å². The number of halogens is 3. The van der Waals surface area contributed by atoms with Gasteiger partial charge in [-0.3, -0.25) is 9.69 Å². The van der Waals surface area contributed by atoms with Gasteiger partial charge >= 0.3 is 12.1 Å². The summed E-state index contributed by atoms with van der Waals surface area (Å²) in [7, 11) is 1.75. The van der Waals surface area contributed by atoms with Crippen molar-refractivity contribution in [3.63, 3.8) is 0 Å². The minimum atomic E-state index is -4.43. The van der Waals surface area contributed by atoms with Crippen LogP contribution in [0.3, 0.4) is 0 Å². The molecule has 10 heteroatoms. The highest BCUT2D eigenvalue weighted by Crippen LogP contribution is 2.64. The maximum absolute atomic E-state index is 13.6. The fourth-order valence-corrected chi connectivity index (χ4v) is 8.65. The van der Waals surface area contributed by atoms with Crippen molar-refractivity contribution >= 4 is 18.0 Å². The first-order chi connectivity index (χ1) is 22.6. The van der Waals surface area contributed by atoms with Gasteiger partial charge in [-0.25, -0.2) is 4.79 Å². The molecule has 1 saturated carbocycles. The average molecular weight is 647 g/mol. The zero-order chi connectivity index (χ0) is 32.9. The quantitative estimate of drug-likeness (QED) is 0.200. The van der Waals surface area contributed by atoms with Crippen molar-refractivity contribution in [1.82, 2.24) is 9.80 Å². The maximum Gasteiger partial charge on any atom is 0.416 e. The summed E-state index contributed by atoms with van der Waals surface area (Å²) in [6, 6.07) is 19.0. The van der Waals surface area contributed by atoms with E-state index < -0.39 is 24.3 Å². The number of likely N-dealkylation sites (tertiary alicyclic amines) is 1. The number of esters is 1. The number of nitrogens with zero attached hydrogens (tertiary/aromatic N) is 2. The van der Waals surface area contributed by atoms with Crippen LogP contribution in [0.1, 0.15) is 47.1 Å². The van der Waals surface area contributed by atoms with E-state index in [0.717, 1.165) is 62.0 Å². The second-order valence-electron chi connectivity index (χ2n) is 13.1. The molecule has 7 rings (SSSR count). The van der Waals surface area contributed by atoms with Crippen LogP contribution in [0.25, 0.3) is 6.08 Å². The number of benzene rings is 3. The van der Waals surface area contributed by atoms with Gasteiger partial charge in [0.15, 0.2) is 11.5 Å². The van der Waals surface area contributed by atoms with E-state index in [1.54, 1.807) is 18.0 Å². The number of rotatable bonds is 8. The molecule has 7 nitrogen and oxygen atoms in total. The van der Waals surface area contributed by atoms with Gasteiger partial charge in [-0.05, 0) is 85.5 Å². The number of aliphatic hydroxyl groups is 1. The SMILES string of the molecule is CN(C(=O)/C=C/c1ccc(C(F)(F)F)cc1)C1CC[C@H]2[C@H]3Cc4ccc(OC(=O)CO)c5c4[C@@]2(CCN3CCc2ccccc2)C1O5. The summed E-state index contributed by atoms with van der Waals surface area (Å²) in [4.78, 5) is 30.0. The molecular weight excluding hydrogens is 609 g/mol. The number of hydrogen-bond donors (Lipinski definition) is 1. The largest absolute Gasteiger partial charge is 0.483 e. The van der Waals surface area contributed by atoms with E-state index in [-0.39, 0.29) is 35.1 Å². The number of aliphatic hydroxyl groups excluding tert-OH is 1. The van der Waals surface area contributed by atoms with Crippen LogP contribution in [0.2, 0.25) is 0 Å². The summed E-state index contributed by atoms with van der Waals surface area (Å²) in [6.07, 6.45) is 2.34. The van der Waals surface area contributed by atoms with Gasteiger partial charge in [0.1, 0.15) is 12.7 Å². The summed E-state index contributed by atoms with van der Waals surface area (Å²) < 4.78 is 51.4. The van der Waals surface area contributed by atoms with Crippen LogP contribution in [0.15, 0.2) is 72.8 Å². The molecule has 5 atom stereocenters. The van der Waals surface area contributed by atoms with Crippen LogP contribution in [0.5, 0.6) is 11.5 Å². The van der Waals surface area contributed by atoms with Crippen LogP contribution in [0.4, 0.5) is 13.2 Å². The van der Waals surface area contributed by atoms with E-state index in [9.17, 15) is 27.9 Å². The summed E-state index contributed by atoms with van der Waals surface area (Å²) in [5, 5.41) is 9.40. The molecule has 3 aromatic rings. The Hall–Kier alpha value is -4.15. The smallest absolute Gasteiger partial charge is 0.416 e. The fraction of sp³-hybridized carbons (Fsp3) is 0.405. The standard InChI is InChI=1S/C37H37F3N2O5/c1-41(31(44)16-9-24-7-11-26(12-8-24)37(38,39)40)28-14-13-27-29-21-25-10-15-30(46-32(45)22-43)34-33(25)36(27,35(28)47-34)18-20-42(29)19-17-23-5-3-2-4-6-23/h2-12,15-16,27-29,35,43H,13-14,17-22H2,1H3/b16-9+/t27-,28?,29+,35?,36-/m0/s1. The second kappa shape index (κ2) is 12.1. The first-order valence-electron chi connectivity index (χ1n) is 16.1. The third-order valence-electron chi connectivity index (χ3n) is 10.8. The predicted octanol–water partition coefficient (Wildman–Crippen LogP) is 5.43. The number of likely N-dealkylation sites (N-methyl/N-ethyl adjacent to an activating group) is 1. The Bertz CT molecular complexity index is 1690. The number of carbonyl (C=O) groups is 2. The highest BCUT2D eigenvalue weighted by atomic mass is 19.4. The molecule has 4 aliphatic rings. The molecule has 2 fully saturated rings. The molecule has 1 amide bonds. The van der Waals surface area contributed by atoms with Crippen LogP contribution in [-0.2, 0) is 34.0 Å². The molecule has 0 radical (unpaired) electrons. The van der Waals surface area contributed by atoms with Crippen molar-refractivity contribution in [1.29, 1.82) is 0 Å². The molecule has 2 heterocycles. The maximum atomic E-state index is 13.6. The van der Waals surface area contributed by atoms with E-state index in [1.165, 1.54) is 29.8 Å². The zero-order valence-electron chi connectivity index (χ0n) is 26.1. The van der Waals surface area contributed by atoms with Crippen molar-refractivity contribution in [3.8, 4) is 11.5 Å². The monoisotopic (exact) mass is 646 g/mol. The average Bonchev–Trinajstić information content (AvgIpc) is 3.42. The van der Waals surface area contributed by atoms with Crippen molar-refractivity contribution < 1.29 is 37.3 Å². The van der Waals surface area contributed by atoms with Crippen LogP contribution in [0, 0.1) is 5.92 Å². The highest BCUT2D eigenvalue weighted by Gasteiger charge is 2.66. The normalized spacial score (nSPS) is 26.1. The van der Waals surface area contributed by atoms with Crippen molar-refractivity contribution in [2.75, 3.05) is 26.7 Å². The predicted molar refractivity (Wildman–Crippen MR) is 169 cm³/mol. The Morgan fingerprint density at radius 2 is 1.85 bits per heavy atom.